The molecular formula is C37H77NO4. The number of aliphatic carboxylic acids is 2. The number of carboxylic acids is 2. The van der Waals surface area contributed by atoms with Gasteiger partial charge in [0.1, 0.15) is 0 Å². The van der Waals surface area contributed by atoms with Crippen LogP contribution in [0.25, 0.3) is 0 Å². The van der Waals surface area contributed by atoms with Gasteiger partial charge in [-0.05, 0) is 19.9 Å². The molecule has 4 N–H and O–H groups in total. The van der Waals surface area contributed by atoms with Gasteiger partial charge in [0.2, 0.25) is 0 Å². The van der Waals surface area contributed by atoms with E-state index in [1.54, 1.807) is 0 Å². The van der Waals surface area contributed by atoms with Crippen LogP contribution >= 0.6 is 0 Å². The van der Waals surface area contributed by atoms with Crippen molar-refractivity contribution in [2.24, 2.45) is 5.73 Å². The lowest BCUT2D eigenvalue weighted by molar-refractivity contribution is -0.138. The number of unbranched alkanes of at least 4 members (excludes halogenated alkanes) is 28. The van der Waals surface area contributed by atoms with E-state index in [-0.39, 0.29) is 0 Å². The molecule has 0 saturated carbocycles. The molecule has 0 unspecified atom stereocenters. The molecule has 0 aromatic rings. The van der Waals surface area contributed by atoms with Crippen molar-refractivity contribution in [3.63, 3.8) is 0 Å². The van der Waals surface area contributed by atoms with Crippen LogP contribution in [0.1, 0.15) is 219 Å². The van der Waals surface area contributed by atoms with Crippen LogP contribution in [0.5, 0.6) is 0 Å². The maximum atomic E-state index is 10.3. The highest BCUT2D eigenvalue weighted by Gasteiger charge is 1.98. The molecule has 0 aromatic carbocycles. The summed E-state index contributed by atoms with van der Waals surface area (Å²) in [5, 5.41) is 17.0. The zero-order valence-electron chi connectivity index (χ0n) is 28.9. The van der Waals surface area contributed by atoms with Crippen molar-refractivity contribution in [1.29, 1.82) is 0 Å². The molecule has 42 heavy (non-hydrogen) atoms. The molecule has 0 aliphatic heterocycles. The van der Waals surface area contributed by atoms with E-state index in [1.807, 2.05) is 0 Å². The second-order valence-electron chi connectivity index (χ2n) is 12.2. The first-order valence-corrected chi connectivity index (χ1v) is 18.6. The summed E-state index contributed by atoms with van der Waals surface area (Å²) in [6.07, 6.45) is 40.4. The predicted octanol–water partition coefficient (Wildman–Crippen LogP) is 12.2. The molecular weight excluding hydrogens is 522 g/mol. The summed E-state index contributed by atoms with van der Waals surface area (Å²) in [5.74, 6) is -1.31. The lowest BCUT2D eigenvalue weighted by atomic mass is 10.0. The van der Waals surface area contributed by atoms with Crippen LogP contribution in [-0.2, 0) is 9.59 Å². The summed E-state index contributed by atoms with van der Waals surface area (Å²) in [6, 6.07) is 0. The Labute approximate surface area is 263 Å². The molecule has 0 amide bonds. The number of carbonyl (C=O) groups is 2. The first-order chi connectivity index (χ1) is 20.5. The number of nitrogens with two attached hydrogens (primary N) is 1. The first kappa shape index (κ1) is 45.3. The van der Waals surface area contributed by atoms with Crippen LogP contribution < -0.4 is 5.73 Å². The average molecular weight is 600 g/mol. The van der Waals surface area contributed by atoms with E-state index in [9.17, 15) is 9.59 Å². The Morgan fingerprint density at radius 3 is 0.619 bits per heavy atom. The predicted molar refractivity (Wildman–Crippen MR) is 184 cm³/mol. The molecule has 0 aromatic heterocycles. The topological polar surface area (TPSA) is 101 Å². The smallest absolute Gasteiger partial charge is 0.303 e. The minimum atomic E-state index is -0.653. The van der Waals surface area contributed by atoms with E-state index in [4.69, 9.17) is 10.2 Å². The first-order valence-electron chi connectivity index (χ1n) is 18.6. The van der Waals surface area contributed by atoms with E-state index >= 15 is 0 Å². The van der Waals surface area contributed by atoms with Crippen molar-refractivity contribution in [2.75, 3.05) is 7.05 Å². The Kier molecular flexibility index (Phi) is 47.9. The molecule has 0 fully saturated rings. The van der Waals surface area contributed by atoms with E-state index in [1.165, 1.54) is 174 Å². The normalized spacial score (nSPS) is 10.5. The third kappa shape index (κ3) is 51.6. The number of hydrogen-bond acceptors (Lipinski definition) is 3. The maximum absolute atomic E-state index is 10.3. The van der Waals surface area contributed by atoms with Crippen molar-refractivity contribution in [3.05, 3.63) is 0 Å². The van der Waals surface area contributed by atoms with Crippen molar-refractivity contribution in [3.8, 4) is 0 Å². The van der Waals surface area contributed by atoms with Crippen LogP contribution in [0, 0.1) is 0 Å². The molecule has 254 valence electrons. The second-order valence-corrected chi connectivity index (χ2v) is 12.2. The van der Waals surface area contributed by atoms with Crippen LogP contribution in [-0.4, -0.2) is 29.2 Å². The van der Waals surface area contributed by atoms with Gasteiger partial charge in [-0.1, -0.05) is 194 Å². The summed E-state index contributed by atoms with van der Waals surface area (Å²) in [4.78, 5) is 20.7. The Morgan fingerprint density at radius 2 is 0.476 bits per heavy atom. The lowest BCUT2D eigenvalue weighted by Crippen LogP contribution is -1.93. The van der Waals surface area contributed by atoms with Gasteiger partial charge in [0.05, 0.1) is 0 Å². The quantitative estimate of drug-likeness (QED) is 0.0668. The largest absolute Gasteiger partial charge is 0.481 e. The average Bonchev–Trinajstić information content (AvgIpc) is 2.98. The Balaban J connectivity index is -0.000000683. The molecule has 0 rings (SSSR count). The van der Waals surface area contributed by atoms with Gasteiger partial charge in [0.25, 0.3) is 0 Å². The van der Waals surface area contributed by atoms with Crippen molar-refractivity contribution in [2.45, 2.75) is 219 Å². The Hall–Kier alpha value is -1.10. The molecule has 0 bridgehead atoms. The van der Waals surface area contributed by atoms with E-state index in [0.29, 0.717) is 12.8 Å². The highest BCUT2D eigenvalue weighted by Crippen LogP contribution is 2.15. The maximum Gasteiger partial charge on any atom is 0.303 e. The van der Waals surface area contributed by atoms with Crippen LogP contribution in [0.15, 0.2) is 0 Å². The third-order valence-electron chi connectivity index (χ3n) is 7.99. The van der Waals surface area contributed by atoms with Gasteiger partial charge in [-0.15, -0.1) is 0 Å². The minimum Gasteiger partial charge on any atom is -0.481 e. The monoisotopic (exact) mass is 600 g/mol. The molecule has 0 radical (unpaired) electrons. The van der Waals surface area contributed by atoms with Gasteiger partial charge >= 0.3 is 11.9 Å². The molecule has 0 heterocycles. The van der Waals surface area contributed by atoms with Gasteiger partial charge < -0.3 is 15.9 Å². The number of rotatable bonds is 32. The summed E-state index contributed by atoms with van der Waals surface area (Å²) in [5.41, 5.74) is 4.50. The van der Waals surface area contributed by atoms with Gasteiger partial charge in [0, 0.05) is 12.8 Å². The Morgan fingerprint density at radius 1 is 0.333 bits per heavy atom. The summed E-state index contributed by atoms with van der Waals surface area (Å²) < 4.78 is 0. The molecule has 0 spiro atoms. The van der Waals surface area contributed by atoms with E-state index < -0.39 is 11.9 Å². The fourth-order valence-electron chi connectivity index (χ4n) is 5.30. The summed E-state index contributed by atoms with van der Waals surface area (Å²) in [6.45, 7) is 4.54. The SMILES string of the molecule is CCCCCCCCCCCCCCCCCC(=O)O.CCCCCCCCCCCCCCCCCC(=O)O.CN. The van der Waals surface area contributed by atoms with Crippen molar-refractivity contribution < 1.29 is 19.8 Å². The standard InChI is InChI=1S/2C18H36O2.CH5N/c2*1-2-3-4-5-6-7-8-9-10-11-12-13-14-15-16-17-18(19)20;1-2/h2*2-17H2,1H3,(H,19,20);2H2,1H3. The Bertz CT molecular complexity index is 454. The van der Waals surface area contributed by atoms with E-state index in [0.717, 1.165) is 25.7 Å². The van der Waals surface area contributed by atoms with Gasteiger partial charge in [0.15, 0.2) is 0 Å². The van der Waals surface area contributed by atoms with Gasteiger partial charge in [-0.25, -0.2) is 0 Å². The highest BCUT2D eigenvalue weighted by molar-refractivity contribution is 5.66. The van der Waals surface area contributed by atoms with Crippen molar-refractivity contribution >= 4 is 11.9 Å². The van der Waals surface area contributed by atoms with Crippen LogP contribution in [0.2, 0.25) is 0 Å². The van der Waals surface area contributed by atoms with E-state index in [2.05, 4.69) is 19.6 Å². The fourth-order valence-corrected chi connectivity index (χ4v) is 5.30. The van der Waals surface area contributed by atoms with Crippen molar-refractivity contribution in [1.82, 2.24) is 0 Å². The second kappa shape index (κ2) is 44.3. The molecule has 5 heteroatoms. The third-order valence-corrected chi connectivity index (χ3v) is 7.99. The zero-order valence-corrected chi connectivity index (χ0v) is 28.9. The molecule has 0 atom stereocenters. The van der Waals surface area contributed by atoms with Gasteiger partial charge in [-0.3, -0.25) is 9.59 Å². The highest BCUT2D eigenvalue weighted by atomic mass is 16.4. The summed E-state index contributed by atoms with van der Waals surface area (Å²) >= 11 is 0. The summed E-state index contributed by atoms with van der Waals surface area (Å²) in [7, 11) is 1.50. The van der Waals surface area contributed by atoms with Crippen LogP contribution in [0.4, 0.5) is 0 Å². The molecule has 5 nitrogen and oxygen atoms in total. The lowest BCUT2D eigenvalue weighted by Gasteiger charge is -2.03. The fraction of sp³-hybridized carbons (Fsp3) is 0.946. The zero-order chi connectivity index (χ0) is 31.8. The molecule has 0 saturated heterocycles. The molecule has 0 aliphatic rings. The number of carboxylic acid groups (broad SMARTS) is 2. The van der Waals surface area contributed by atoms with Crippen LogP contribution in [0.3, 0.4) is 0 Å². The molecule has 0 aliphatic carbocycles. The minimum absolute atomic E-state index is 0.345. The van der Waals surface area contributed by atoms with Gasteiger partial charge in [-0.2, -0.15) is 0 Å². The number of hydrogen-bond donors (Lipinski definition) is 3.